The zero-order chi connectivity index (χ0) is 19.8. The number of aromatic amines is 1. The van der Waals surface area contributed by atoms with Crippen LogP contribution in [0.5, 0.6) is 17.2 Å². The molecular weight excluding hydrogens is 370 g/mol. The lowest BCUT2D eigenvalue weighted by Gasteiger charge is -2.34. The fourth-order valence-corrected chi connectivity index (χ4v) is 3.98. The van der Waals surface area contributed by atoms with Gasteiger partial charge in [-0.25, -0.2) is 0 Å². The van der Waals surface area contributed by atoms with Crippen LogP contribution in [0.4, 0.5) is 0 Å². The molecule has 0 saturated carbocycles. The topological polar surface area (TPSA) is 67.0 Å². The lowest BCUT2D eigenvalue weighted by atomic mass is 10.1. The second kappa shape index (κ2) is 7.33. The lowest BCUT2D eigenvalue weighted by molar-refractivity contribution is 0.0630. The van der Waals surface area contributed by atoms with E-state index >= 15 is 0 Å². The van der Waals surface area contributed by atoms with Crippen molar-refractivity contribution in [3.05, 3.63) is 53.7 Å². The molecule has 2 aliphatic rings. The maximum Gasteiger partial charge on any atom is 0.256 e. The van der Waals surface area contributed by atoms with Crippen molar-refractivity contribution in [2.45, 2.75) is 6.54 Å². The van der Waals surface area contributed by atoms with Gasteiger partial charge < -0.3 is 24.1 Å². The number of carbonyl (C=O) groups is 1. The van der Waals surface area contributed by atoms with Gasteiger partial charge >= 0.3 is 0 Å². The maximum atomic E-state index is 13.1. The molecule has 7 heteroatoms. The number of hydrogen-bond acceptors (Lipinski definition) is 5. The van der Waals surface area contributed by atoms with Crippen LogP contribution in [-0.2, 0) is 6.54 Å². The number of methoxy groups -OCH3 is 1. The van der Waals surface area contributed by atoms with Crippen LogP contribution in [0, 0.1) is 0 Å². The summed E-state index contributed by atoms with van der Waals surface area (Å²) in [6.07, 6.45) is 1.80. The van der Waals surface area contributed by atoms with Gasteiger partial charge in [0.1, 0.15) is 5.75 Å². The SMILES string of the molecule is COc1ccc2[nH]cc(C(=O)N3CCN(Cc4ccc5c(c4)OCO5)CC3)c2c1. The van der Waals surface area contributed by atoms with Gasteiger partial charge in [0, 0.05) is 49.8 Å². The molecule has 0 aliphatic carbocycles. The third-order valence-electron chi connectivity index (χ3n) is 5.62. The van der Waals surface area contributed by atoms with Crippen LogP contribution in [0.3, 0.4) is 0 Å². The number of nitrogens with zero attached hydrogens (tertiary/aromatic N) is 2. The van der Waals surface area contributed by atoms with Crippen molar-refractivity contribution in [2.24, 2.45) is 0 Å². The minimum absolute atomic E-state index is 0.0623. The molecule has 0 atom stereocenters. The fourth-order valence-electron chi connectivity index (χ4n) is 3.98. The third-order valence-corrected chi connectivity index (χ3v) is 5.62. The summed E-state index contributed by atoms with van der Waals surface area (Å²) in [4.78, 5) is 20.6. The first kappa shape index (κ1) is 17.9. The number of fused-ring (bicyclic) bond motifs is 2. The first-order chi connectivity index (χ1) is 14.2. The Bertz CT molecular complexity index is 1050. The number of rotatable bonds is 4. The van der Waals surface area contributed by atoms with Gasteiger partial charge in [0.25, 0.3) is 5.91 Å². The molecule has 150 valence electrons. The van der Waals surface area contributed by atoms with Crippen molar-refractivity contribution in [3.63, 3.8) is 0 Å². The van der Waals surface area contributed by atoms with Crippen LogP contribution in [0.25, 0.3) is 10.9 Å². The Morgan fingerprint density at radius 3 is 2.72 bits per heavy atom. The minimum Gasteiger partial charge on any atom is -0.497 e. The molecule has 0 spiro atoms. The van der Waals surface area contributed by atoms with E-state index in [0.29, 0.717) is 25.4 Å². The van der Waals surface area contributed by atoms with Crippen molar-refractivity contribution in [2.75, 3.05) is 40.1 Å². The normalized spacial score (nSPS) is 16.4. The second-order valence-corrected chi connectivity index (χ2v) is 7.37. The summed E-state index contributed by atoms with van der Waals surface area (Å²) in [6.45, 7) is 4.22. The number of aromatic nitrogens is 1. The number of ether oxygens (including phenoxy) is 3. The summed E-state index contributed by atoms with van der Waals surface area (Å²) >= 11 is 0. The van der Waals surface area contributed by atoms with Gasteiger partial charge in [0.05, 0.1) is 12.7 Å². The Morgan fingerprint density at radius 2 is 1.90 bits per heavy atom. The lowest BCUT2D eigenvalue weighted by Crippen LogP contribution is -2.48. The highest BCUT2D eigenvalue weighted by Crippen LogP contribution is 2.33. The molecule has 1 aromatic heterocycles. The highest BCUT2D eigenvalue weighted by atomic mass is 16.7. The van der Waals surface area contributed by atoms with Crippen molar-refractivity contribution >= 4 is 16.8 Å². The van der Waals surface area contributed by atoms with E-state index in [1.54, 1.807) is 13.3 Å². The number of amides is 1. The van der Waals surface area contributed by atoms with Crippen molar-refractivity contribution < 1.29 is 19.0 Å². The average molecular weight is 393 g/mol. The van der Waals surface area contributed by atoms with Gasteiger partial charge in [-0.1, -0.05) is 6.07 Å². The molecule has 0 unspecified atom stereocenters. The van der Waals surface area contributed by atoms with Gasteiger partial charge in [-0.05, 0) is 35.9 Å². The van der Waals surface area contributed by atoms with E-state index in [-0.39, 0.29) is 5.91 Å². The molecule has 2 aliphatic heterocycles. The Labute approximate surface area is 168 Å². The molecule has 1 saturated heterocycles. The molecular formula is C22H23N3O4. The van der Waals surface area contributed by atoms with E-state index in [9.17, 15) is 4.79 Å². The summed E-state index contributed by atoms with van der Waals surface area (Å²) in [5.41, 5.74) is 2.83. The van der Waals surface area contributed by atoms with Crippen molar-refractivity contribution in [1.82, 2.24) is 14.8 Å². The largest absolute Gasteiger partial charge is 0.497 e. The Morgan fingerprint density at radius 1 is 1.07 bits per heavy atom. The second-order valence-electron chi connectivity index (χ2n) is 7.37. The summed E-state index contributed by atoms with van der Waals surface area (Å²) in [6, 6.07) is 11.8. The fraction of sp³-hybridized carbons (Fsp3) is 0.318. The third kappa shape index (κ3) is 3.38. The van der Waals surface area contributed by atoms with Crippen LogP contribution >= 0.6 is 0 Å². The average Bonchev–Trinajstić information content (AvgIpc) is 3.39. The summed E-state index contributed by atoms with van der Waals surface area (Å²) in [5.74, 6) is 2.43. The van der Waals surface area contributed by atoms with E-state index in [2.05, 4.69) is 16.0 Å². The number of carbonyl (C=O) groups excluding carboxylic acids is 1. The van der Waals surface area contributed by atoms with E-state index in [0.717, 1.165) is 47.8 Å². The first-order valence-electron chi connectivity index (χ1n) is 9.76. The Hall–Kier alpha value is -3.19. The van der Waals surface area contributed by atoms with Gasteiger partial charge in [-0.2, -0.15) is 0 Å². The molecule has 0 radical (unpaired) electrons. The highest BCUT2D eigenvalue weighted by Gasteiger charge is 2.24. The van der Waals surface area contributed by atoms with E-state index < -0.39 is 0 Å². The monoisotopic (exact) mass is 393 g/mol. The van der Waals surface area contributed by atoms with E-state index in [1.165, 1.54) is 5.56 Å². The predicted octanol–water partition coefficient (Wildman–Crippen LogP) is 2.86. The standard InChI is InChI=1S/C22H23N3O4/c1-27-16-3-4-19-17(11-16)18(12-23-19)22(26)25-8-6-24(7-9-25)13-15-2-5-20-21(10-15)29-14-28-20/h2-5,10-12,23H,6-9,13-14H2,1H3. The quantitative estimate of drug-likeness (QED) is 0.738. The highest BCUT2D eigenvalue weighted by molar-refractivity contribution is 6.07. The maximum absolute atomic E-state index is 13.1. The molecule has 1 amide bonds. The van der Waals surface area contributed by atoms with E-state index in [1.807, 2.05) is 35.2 Å². The van der Waals surface area contributed by atoms with Crippen molar-refractivity contribution in [1.29, 1.82) is 0 Å². The van der Waals surface area contributed by atoms with E-state index in [4.69, 9.17) is 14.2 Å². The van der Waals surface area contributed by atoms with Crippen LogP contribution < -0.4 is 14.2 Å². The molecule has 1 N–H and O–H groups in total. The van der Waals surface area contributed by atoms with Crippen LogP contribution in [0.15, 0.2) is 42.6 Å². The number of piperazine rings is 1. The number of benzene rings is 2. The van der Waals surface area contributed by atoms with Gasteiger partial charge in [0.15, 0.2) is 11.5 Å². The molecule has 0 bridgehead atoms. The van der Waals surface area contributed by atoms with Crippen LogP contribution in [-0.4, -0.2) is 60.8 Å². The molecule has 2 aromatic carbocycles. The van der Waals surface area contributed by atoms with Gasteiger partial charge in [0.2, 0.25) is 6.79 Å². The Kier molecular flexibility index (Phi) is 4.52. The smallest absolute Gasteiger partial charge is 0.256 e. The van der Waals surface area contributed by atoms with Crippen molar-refractivity contribution in [3.8, 4) is 17.2 Å². The number of hydrogen-bond donors (Lipinski definition) is 1. The summed E-state index contributed by atoms with van der Waals surface area (Å²) < 4.78 is 16.1. The summed E-state index contributed by atoms with van der Waals surface area (Å²) in [5, 5.41) is 0.900. The van der Waals surface area contributed by atoms with Crippen LogP contribution in [0.2, 0.25) is 0 Å². The zero-order valence-electron chi connectivity index (χ0n) is 16.3. The molecule has 3 heterocycles. The molecule has 29 heavy (non-hydrogen) atoms. The van der Waals surface area contributed by atoms with Gasteiger partial charge in [-0.3, -0.25) is 9.69 Å². The molecule has 5 rings (SSSR count). The summed E-state index contributed by atoms with van der Waals surface area (Å²) in [7, 11) is 1.63. The molecule has 1 fully saturated rings. The molecule has 3 aromatic rings. The number of H-pyrrole nitrogens is 1. The number of nitrogens with one attached hydrogen (secondary N) is 1. The van der Waals surface area contributed by atoms with Gasteiger partial charge in [-0.15, -0.1) is 0 Å². The molecule has 7 nitrogen and oxygen atoms in total. The Balaban J connectivity index is 1.24. The zero-order valence-corrected chi connectivity index (χ0v) is 16.3. The minimum atomic E-state index is 0.0623. The first-order valence-corrected chi connectivity index (χ1v) is 9.76. The van der Waals surface area contributed by atoms with Crippen LogP contribution in [0.1, 0.15) is 15.9 Å². The predicted molar refractivity (Wildman–Crippen MR) is 109 cm³/mol.